The Morgan fingerprint density at radius 2 is 1.89 bits per heavy atom. The van der Waals surface area contributed by atoms with Gasteiger partial charge in [0.1, 0.15) is 11.6 Å². The molecule has 0 saturated carbocycles. The fourth-order valence-corrected chi connectivity index (χ4v) is 1.78. The number of anilines is 1. The number of aliphatic hydroxyl groups excluding tert-OH is 2. The van der Waals surface area contributed by atoms with Crippen LogP contribution in [-0.2, 0) is 6.54 Å². The lowest BCUT2D eigenvalue weighted by Crippen LogP contribution is -2.05. The molecule has 0 atom stereocenters. The van der Waals surface area contributed by atoms with E-state index in [1.165, 1.54) is 0 Å². The van der Waals surface area contributed by atoms with Crippen molar-refractivity contribution < 1.29 is 10.2 Å². The smallest absolute Gasteiger partial charge is 0.144 e. The van der Waals surface area contributed by atoms with Gasteiger partial charge in [0.15, 0.2) is 0 Å². The number of nitrogens with one attached hydrogen (secondary N) is 1. The maximum atomic E-state index is 9.07. The van der Waals surface area contributed by atoms with Crippen LogP contribution in [-0.4, -0.2) is 39.5 Å². The van der Waals surface area contributed by atoms with Crippen molar-refractivity contribution >= 4 is 5.82 Å². The van der Waals surface area contributed by atoms with Crippen LogP contribution in [0.1, 0.15) is 0 Å². The first-order valence-electron chi connectivity index (χ1n) is 5.93. The maximum absolute atomic E-state index is 9.07. The first kappa shape index (κ1) is 12.6. The summed E-state index contributed by atoms with van der Waals surface area (Å²) in [4.78, 5) is 4.47. The quantitative estimate of drug-likeness (QED) is 0.710. The van der Waals surface area contributed by atoms with Gasteiger partial charge in [-0.15, -0.1) is 0 Å². The molecule has 0 unspecified atom stereocenters. The Kier molecular flexibility index (Phi) is 4.33. The Bertz CT molecular complexity index is 482. The molecule has 0 amide bonds. The highest BCUT2D eigenvalue weighted by molar-refractivity contribution is 5.58. The largest absolute Gasteiger partial charge is 0.395 e. The zero-order valence-corrected chi connectivity index (χ0v) is 10.1. The van der Waals surface area contributed by atoms with E-state index in [-0.39, 0.29) is 13.2 Å². The molecule has 0 spiro atoms. The van der Waals surface area contributed by atoms with E-state index in [9.17, 15) is 0 Å². The van der Waals surface area contributed by atoms with Crippen LogP contribution in [0.25, 0.3) is 11.4 Å². The van der Waals surface area contributed by atoms with E-state index in [1.807, 2.05) is 41.1 Å². The molecule has 1 aromatic heterocycles. The van der Waals surface area contributed by atoms with Crippen LogP contribution in [0, 0.1) is 0 Å². The summed E-state index contributed by atoms with van der Waals surface area (Å²) in [6.45, 7) is 1.09. The van der Waals surface area contributed by atoms with Crippen LogP contribution in [0.4, 0.5) is 5.82 Å². The number of nitrogens with zero attached hydrogens (tertiary/aromatic N) is 2. The Morgan fingerprint density at radius 3 is 2.56 bits per heavy atom. The zero-order chi connectivity index (χ0) is 12.8. The monoisotopic (exact) mass is 247 g/mol. The summed E-state index contributed by atoms with van der Waals surface area (Å²) in [5.74, 6) is 1.52. The average Bonchev–Trinajstić information content (AvgIpc) is 2.81. The van der Waals surface area contributed by atoms with E-state index >= 15 is 0 Å². The predicted molar refractivity (Wildman–Crippen MR) is 70.3 cm³/mol. The molecule has 0 radical (unpaired) electrons. The van der Waals surface area contributed by atoms with Crippen molar-refractivity contribution in [2.75, 3.05) is 25.1 Å². The Labute approximate surface area is 106 Å². The third-order valence-corrected chi connectivity index (χ3v) is 2.57. The number of benzene rings is 1. The highest BCUT2D eigenvalue weighted by atomic mass is 16.3. The third kappa shape index (κ3) is 2.88. The van der Waals surface area contributed by atoms with E-state index < -0.39 is 0 Å². The molecule has 0 aliphatic heterocycles. The van der Waals surface area contributed by atoms with E-state index in [0.717, 1.165) is 11.4 Å². The first-order chi connectivity index (χ1) is 8.85. The van der Waals surface area contributed by atoms with Gasteiger partial charge in [0.25, 0.3) is 0 Å². The summed E-state index contributed by atoms with van der Waals surface area (Å²) in [6, 6.07) is 9.81. The predicted octanol–water partition coefficient (Wildman–Crippen LogP) is 0.947. The SMILES string of the molecule is OCCNc1cn(CCO)c(-c2ccccc2)n1. The lowest BCUT2D eigenvalue weighted by Gasteiger charge is -2.04. The molecule has 5 nitrogen and oxygen atoms in total. The molecule has 3 N–H and O–H groups in total. The minimum atomic E-state index is 0.0630. The molecule has 0 aliphatic rings. The molecule has 18 heavy (non-hydrogen) atoms. The minimum absolute atomic E-state index is 0.0630. The van der Waals surface area contributed by atoms with Gasteiger partial charge in [0, 0.05) is 24.8 Å². The molecule has 2 aromatic rings. The van der Waals surface area contributed by atoms with Crippen LogP contribution < -0.4 is 5.32 Å². The van der Waals surface area contributed by atoms with Crippen LogP contribution in [0.2, 0.25) is 0 Å². The van der Waals surface area contributed by atoms with Crippen molar-refractivity contribution in [3.63, 3.8) is 0 Å². The highest BCUT2D eigenvalue weighted by Crippen LogP contribution is 2.20. The molecule has 0 saturated heterocycles. The van der Waals surface area contributed by atoms with E-state index in [0.29, 0.717) is 18.9 Å². The van der Waals surface area contributed by atoms with Crippen LogP contribution in [0.3, 0.4) is 0 Å². The van der Waals surface area contributed by atoms with Crippen LogP contribution in [0.5, 0.6) is 0 Å². The van der Waals surface area contributed by atoms with Crippen molar-refractivity contribution in [2.45, 2.75) is 6.54 Å². The summed E-state index contributed by atoms with van der Waals surface area (Å²) in [6.07, 6.45) is 1.84. The van der Waals surface area contributed by atoms with E-state index in [2.05, 4.69) is 10.3 Å². The third-order valence-electron chi connectivity index (χ3n) is 2.57. The molecule has 5 heteroatoms. The Hall–Kier alpha value is -1.85. The summed E-state index contributed by atoms with van der Waals surface area (Å²) in [5, 5.41) is 20.9. The number of hydrogen-bond acceptors (Lipinski definition) is 4. The summed E-state index contributed by atoms with van der Waals surface area (Å²) in [7, 11) is 0. The van der Waals surface area contributed by atoms with Gasteiger partial charge in [0.2, 0.25) is 0 Å². The molecule has 0 bridgehead atoms. The van der Waals surface area contributed by atoms with Gasteiger partial charge in [0.05, 0.1) is 13.2 Å². The van der Waals surface area contributed by atoms with Gasteiger partial charge in [-0.1, -0.05) is 30.3 Å². The summed E-state index contributed by atoms with van der Waals surface area (Å²) >= 11 is 0. The van der Waals surface area contributed by atoms with Crippen molar-refractivity contribution in [2.24, 2.45) is 0 Å². The topological polar surface area (TPSA) is 70.3 Å². The average molecular weight is 247 g/mol. The molecule has 2 rings (SSSR count). The minimum Gasteiger partial charge on any atom is -0.395 e. The van der Waals surface area contributed by atoms with E-state index in [1.54, 1.807) is 0 Å². The van der Waals surface area contributed by atoms with Crippen molar-refractivity contribution in [1.29, 1.82) is 0 Å². The molecule has 1 heterocycles. The number of aliphatic hydroxyl groups is 2. The maximum Gasteiger partial charge on any atom is 0.144 e. The summed E-state index contributed by atoms with van der Waals surface area (Å²) in [5.41, 5.74) is 1.00. The first-order valence-corrected chi connectivity index (χ1v) is 5.93. The van der Waals surface area contributed by atoms with Crippen molar-refractivity contribution in [1.82, 2.24) is 9.55 Å². The fraction of sp³-hybridized carbons (Fsp3) is 0.308. The fourth-order valence-electron chi connectivity index (χ4n) is 1.78. The lowest BCUT2D eigenvalue weighted by molar-refractivity contribution is 0.276. The molecule has 96 valence electrons. The second-order valence-corrected chi connectivity index (χ2v) is 3.88. The van der Waals surface area contributed by atoms with E-state index in [4.69, 9.17) is 10.2 Å². The van der Waals surface area contributed by atoms with Crippen molar-refractivity contribution in [3.8, 4) is 11.4 Å². The standard InChI is InChI=1S/C13H17N3O2/c17-8-6-14-12-10-16(7-9-18)13(15-12)11-4-2-1-3-5-11/h1-5,10,14,17-18H,6-9H2. The van der Waals surface area contributed by atoms with Gasteiger partial charge < -0.3 is 20.1 Å². The number of rotatable bonds is 6. The van der Waals surface area contributed by atoms with Gasteiger partial charge in [-0.2, -0.15) is 0 Å². The Morgan fingerprint density at radius 1 is 1.11 bits per heavy atom. The molecule has 1 aromatic carbocycles. The van der Waals surface area contributed by atoms with Gasteiger partial charge in [-0.05, 0) is 0 Å². The number of hydrogen-bond donors (Lipinski definition) is 3. The molecular weight excluding hydrogens is 230 g/mol. The molecule has 0 aliphatic carbocycles. The van der Waals surface area contributed by atoms with Crippen LogP contribution >= 0.6 is 0 Å². The van der Waals surface area contributed by atoms with Gasteiger partial charge in [-0.25, -0.2) is 4.98 Å². The normalized spacial score (nSPS) is 10.6. The zero-order valence-electron chi connectivity index (χ0n) is 10.1. The second kappa shape index (κ2) is 6.18. The Balaban J connectivity index is 2.29. The highest BCUT2D eigenvalue weighted by Gasteiger charge is 2.09. The van der Waals surface area contributed by atoms with Gasteiger partial charge in [-0.3, -0.25) is 0 Å². The number of imidazole rings is 1. The van der Waals surface area contributed by atoms with Crippen LogP contribution in [0.15, 0.2) is 36.5 Å². The lowest BCUT2D eigenvalue weighted by atomic mass is 10.2. The second-order valence-electron chi connectivity index (χ2n) is 3.88. The summed E-state index contributed by atoms with van der Waals surface area (Å²) < 4.78 is 1.90. The van der Waals surface area contributed by atoms with Gasteiger partial charge >= 0.3 is 0 Å². The van der Waals surface area contributed by atoms with Crippen molar-refractivity contribution in [3.05, 3.63) is 36.5 Å². The molecule has 0 fully saturated rings. The number of aromatic nitrogens is 2. The molecular formula is C13H17N3O2.